The Kier molecular flexibility index (Phi) is 3.83. The number of hydrogen-bond acceptors (Lipinski definition) is 4. The van der Waals surface area contributed by atoms with E-state index >= 15 is 0 Å². The highest BCUT2D eigenvalue weighted by molar-refractivity contribution is 5.93. The molecule has 6 nitrogen and oxygen atoms in total. The van der Waals surface area contributed by atoms with Gasteiger partial charge >= 0.3 is 0 Å². The standard InChI is InChI=1S/C24H32N2O4/c27-22(25-11-15-16(12-25)18-8-7-17(15)29-18)20-19-9-10-24(30-19)13-26(23(28)21(20)24)14-5-3-1-2-4-6-14/h9-10,14-21H,1-8,11-13H2/t15-,16+,17+,18-,19-,20?,21?,24-/m0/s1. The van der Waals surface area contributed by atoms with Gasteiger partial charge in [0.15, 0.2) is 0 Å². The molecule has 6 heterocycles. The van der Waals surface area contributed by atoms with Crippen LogP contribution >= 0.6 is 0 Å². The molecule has 0 N–H and O–H groups in total. The Labute approximate surface area is 177 Å². The van der Waals surface area contributed by atoms with E-state index in [1.807, 2.05) is 0 Å². The van der Waals surface area contributed by atoms with E-state index < -0.39 is 5.60 Å². The first-order chi connectivity index (χ1) is 14.6. The maximum Gasteiger partial charge on any atom is 0.230 e. The van der Waals surface area contributed by atoms with Crippen LogP contribution in [0, 0.1) is 23.7 Å². The highest BCUT2D eigenvalue weighted by Crippen LogP contribution is 2.54. The molecule has 1 spiro atoms. The summed E-state index contributed by atoms with van der Waals surface area (Å²) in [4.78, 5) is 31.5. The number of ether oxygens (including phenoxy) is 2. The SMILES string of the molecule is O=C(C1C2C(=O)N(C3CCCCCC3)C[C@@]23C=C[C@@H]1O3)N1C[C@@H]2[C@H](C1)[C@H]1CC[C@@H]2O1. The van der Waals surface area contributed by atoms with Crippen LogP contribution in [0.2, 0.25) is 0 Å². The van der Waals surface area contributed by atoms with Gasteiger partial charge in [0.05, 0.1) is 36.7 Å². The van der Waals surface area contributed by atoms with Crippen molar-refractivity contribution in [2.45, 2.75) is 81.3 Å². The summed E-state index contributed by atoms with van der Waals surface area (Å²) in [6.45, 7) is 2.25. The molecule has 0 aromatic rings. The Balaban J connectivity index is 1.13. The van der Waals surface area contributed by atoms with Gasteiger partial charge in [-0.2, -0.15) is 0 Å². The quantitative estimate of drug-likeness (QED) is 0.515. The van der Waals surface area contributed by atoms with Crippen molar-refractivity contribution in [3.05, 3.63) is 12.2 Å². The van der Waals surface area contributed by atoms with Gasteiger partial charge in [-0.25, -0.2) is 0 Å². The zero-order valence-corrected chi connectivity index (χ0v) is 17.6. The first-order valence-electron chi connectivity index (χ1n) is 12.3. The summed E-state index contributed by atoms with van der Waals surface area (Å²) in [5.41, 5.74) is -0.563. The van der Waals surface area contributed by atoms with Crippen molar-refractivity contribution in [3.63, 3.8) is 0 Å². The summed E-state index contributed by atoms with van der Waals surface area (Å²) >= 11 is 0. The van der Waals surface area contributed by atoms with E-state index in [9.17, 15) is 9.59 Å². The monoisotopic (exact) mass is 412 g/mol. The van der Waals surface area contributed by atoms with Crippen molar-refractivity contribution in [1.82, 2.24) is 9.80 Å². The number of carbonyl (C=O) groups excluding carboxylic acids is 2. The van der Waals surface area contributed by atoms with Gasteiger partial charge in [-0.05, 0) is 25.7 Å². The average Bonchev–Trinajstić information content (AvgIpc) is 3.54. The second kappa shape index (κ2) is 6.32. The molecular weight excluding hydrogens is 380 g/mol. The normalized spacial score (nSPS) is 49.2. The lowest BCUT2D eigenvalue weighted by molar-refractivity contribution is -0.144. The van der Waals surface area contributed by atoms with E-state index in [0.717, 1.165) is 38.8 Å². The van der Waals surface area contributed by atoms with E-state index in [1.165, 1.54) is 25.7 Å². The van der Waals surface area contributed by atoms with Gasteiger partial charge in [0.1, 0.15) is 5.60 Å². The summed E-state index contributed by atoms with van der Waals surface area (Å²) < 4.78 is 12.5. The molecule has 1 saturated carbocycles. The average molecular weight is 413 g/mol. The largest absolute Gasteiger partial charge is 0.374 e. The van der Waals surface area contributed by atoms with Crippen molar-refractivity contribution in [2.75, 3.05) is 19.6 Å². The molecule has 0 radical (unpaired) electrons. The Bertz CT molecular complexity index is 787. The van der Waals surface area contributed by atoms with E-state index in [4.69, 9.17) is 9.47 Å². The van der Waals surface area contributed by atoms with Crippen LogP contribution in [-0.2, 0) is 19.1 Å². The lowest BCUT2D eigenvalue weighted by Gasteiger charge is -2.30. The van der Waals surface area contributed by atoms with Crippen LogP contribution in [0.3, 0.4) is 0 Å². The minimum absolute atomic E-state index is 0.154. The van der Waals surface area contributed by atoms with E-state index in [2.05, 4.69) is 22.0 Å². The maximum atomic E-state index is 13.7. The molecule has 1 aliphatic carbocycles. The van der Waals surface area contributed by atoms with Crippen molar-refractivity contribution in [2.24, 2.45) is 23.7 Å². The molecule has 4 bridgehead atoms. The van der Waals surface area contributed by atoms with Gasteiger partial charge < -0.3 is 19.3 Å². The summed E-state index contributed by atoms with van der Waals surface area (Å²) in [5.74, 6) is 0.667. The highest BCUT2D eigenvalue weighted by atomic mass is 16.5. The zero-order chi connectivity index (χ0) is 20.0. The molecule has 7 rings (SSSR count). The predicted octanol–water partition coefficient (Wildman–Crippen LogP) is 2.13. The lowest BCUT2D eigenvalue weighted by Crippen LogP contribution is -2.46. The van der Waals surface area contributed by atoms with Gasteiger partial charge in [-0.1, -0.05) is 37.8 Å². The molecular formula is C24H32N2O4. The number of likely N-dealkylation sites (tertiary alicyclic amines) is 2. The fourth-order valence-corrected chi connectivity index (χ4v) is 8.04. The number of fused-ring (bicyclic) bond motifs is 6. The van der Waals surface area contributed by atoms with Crippen LogP contribution in [0.25, 0.3) is 0 Å². The summed E-state index contributed by atoms with van der Waals surface area (Å²) in [5, 5.41) is 0. The number of carbonyl (C=O) groups is 2. The molecule has 7 aliphatic rings. The third-order valence-electron chi connectivity index (χ3n) is 9.44. The molecule has 6 fully saturated rings. The fraction of sp³-hybridized carbons (Fsp3) is 0.833. The first kappa shape index (κ1) is 18.2. The van der Waals surface area contributed by atoms with Crippen molar-refractivity contribution in [3.8, 4) is 0 Å². The van der Waals surface area contributed by atoms with Crippen LogP contribution in [0.1, 0.15) is 51.4 Å². The topological polar surface area (TPSA) is 59.1 Å². The smallest absolute Gasteiger partial charge is 0.230 e. The molecule has 30 heavy (non-hydrogen) atoms. The van der Waals surface area contributed by atoms with Crippen LogP contribution in [-0.4, -0.2) is 71.2 Å². The third-order valence-corrected chi connectivity index (χ3v) is 9.44. The Morgan fingerprint density at radius 1 is 1.00 bits per heavy atom. The fourth-order valence-electron chi connectivity index (χ4n) is 8.04. The predicted molar refractivity (Wildman–Crippen MR) is 108 cm³/mol. The molecule has 2 amide bonds. The number of rotatable bonds is 2. The Morgan fingerprint density at radius 2 is 1.70 bits per heavy atom. The second-order valence-electron chi connectivity index (χ2n) is 10.9. The maximum absolute atomic E-state index is 13.7. The molecule has 5 saturated heterocycles. The lowest BCUT2D eigenvalue weighted by atomic mass is 9.76. The van der Waals surface area contributed by atoms with Crippen molar-refractivity contribution >= 4 is 11.8 Å². The minimum Gasteiger partial charge on any atom is -0.374 e. The zero-order valence-electron chi connectivity index (χ0n) is 17.6. The summed E-state index contributed by atoms with van der Waals surface area (Å²) in [6.07, 6.45) is 14.1. The van der Waals surface area contributed by atoms with Crippen molar-refractivity contribution in [1.29, 1.82) is 0 Å². The van der Waals surface area contributed by atoms with Gasteiger partial charge in [-0.15, -0.1) is 0 Å². The van der Waals surface area contributed by atoms with Crippen LogP contribution in [0.4, 0.5) is 0 Å². The molecule has 6 heteroatoms. The Hall–Kier alpha value is -1.40. The summed E-state index contributed by atoms with van der Waals surface area (Å²) in [6, 6.07) is 0.325. The molecule has 8 atom stereocenters. The van der Waals surface area contributed by atoms with Crippen LogP contribution < -0.4 is 0 Å². The van der Waals surface area contributed by atoms with E-state index in [1.54, 1.807) is 0 Å². The molecule has 0 aromatic heterocycles. The molecule has 0 aromatic carbocycles. The highest BCUT2D eigenvalue weighted by Gasteiger charge is 2.68. The number of nitrogens with zero attached hydrogens (tertiary/aromatic N) is 2. The van der Waals surface area contributed by atoms with Gasteiger partial charge in [0.2, 0.25) is 11.8 Å². The van der Waals surface area contributed by atoms with E-state index in [-0.39, 0.29) is 29.8 Å². The van der Waals surface area contributed by atoms with Crippen LogP contribution in [0.15, 0.2) is 12.2 Å². The van der Waals surface area contributed by atoms with Gasteiger partial charge in [-0.3, -0.25) is 9.59 Å². The van der Waals surface area contributed by atoms with E-state index in [0.29, 0.717) is 36.6 Å². The number of amides is 2. The minimum atomic E-state index is -0.563. The third kappa shape index (κ3) is 2.32. The molecule has 162 valence electrons. The number of hydrogen-bond donors (Lipinski definition) is 0. The van der Waals surface area contributed by atoms with Crippen molar-refractivity contribution < 1.29 is 19.1 Å². The van der Waals surface area contributed by atoms with Crippen LogP contribution in [0.5, 0.6) is 0 Å². The van der Waals surface area contributed by atoms with Gasteiger partial charge in [0.25, 0.3) is 0 Å². The Morgan fingerprint density at radius 3 is 2.40 bits per heavy atom. The summed E-state index contributed by atoms with van der Waals surface area (Å²) in [7, 11) is 0. The first-order valence-corrected chi connectivity index (χ1v) is 12.3. The van der Waals surface area contributed by atoms with Gasteiger partial charge in [0, 0.05) is 31.0 Å². The molecule has 2 unspecified atom stereocenters. The second-order valence-corrected chi connectivity index (χ2v) is 10.9. The molecule has 6 aliphatic heterocycles.